The summed E-state index contributed by atoms with van der Waals surface area (Å²) in [4.78, 5) is 12.5. The van der Waals surface area contributed by atoms with Crippen molar-refractivity contribution in [1.82, 2.24) is 0 Å². The molecule has 5 heteroatoms. The standard InChI is InChI=1S/C21H19ClN2O2/c1-4-9-26-20-8-6-18(22)12-16(20)11-17(13-23)21(25)24-19-7-5-14(2)10-15(19)3/h4-8,10-12H,1,9H2,2-3H3,(H,24,25)/b17-11+. The predicted molar refractivity (Wildman–Crippen MR) is 105 cm³/mol. The van der Waals surface area contributed by atoms with E-state index in [0.717, 1.165) is 11.1 Å². The number of carbonyl (C=O) groups is 1. The Labute approximate surface area is 158 Å². The normalized spacial score (nSPS) is 10.8. The summed E-state index contributed by atoms with van der Waals surface area (Å²) in [6.07, 6.45) is 3.07. The Bertz CT molecular complexity index is 911. The third kappa shape index (κ3) is 4.98. The number of hydrogen-bond donors (Lipinski definition) is 1. The van der Waals surface area contributed by atoms with Crippen molar-refractivity contribution in [3.8, 4) is 11.8 Å². The van der Waals surface area contributed by atoms with E-state index in [-0.39, 0.29) is 5.57 Å². The summed E-state index contributed by atoms with van der Waals surface area (Å²) in [5, 5.41) is 12.7. The average Bonchev–Trinajstić information content (AvgIpc) is 2.61. The molecule has 0 fully saturated rings. The van der Waals surface area contributed by atoms with Gasteiger partial charge in [0.2, 0.25) is 0 Å². The Morgan fingerprint density at radius 3 is 2.73 bits per heavy atom. The molecule has 0 aliphatic rings. The van der Waals surface area contributed by atoms with Gasteiger partial charge in [0.25, 0.3) is 5.91 Å². The lowest BCUT2D eigenvalue weighted by Crippen LogP contribution is -2.14. The third-order valence-electron chi connectivity index (χ3n) is 3.62. The molecule has 0 aromatic heterocycles. The number of nitrogens with zero attached hydrogens (tertiary/aromatic N) is 1. The van der Waals surface area contributed by atoms with Gasteiger partial charge >= 0.3 is 0 Å². The second-order valence-electron chi connectivity index (χ2n) is 5.72. The van der Waals surface area contributed by atoms with Crippen LogP contribution in [-0.2, 0) is 4.79 Å². The van der Waals surface area contributed by atoms with Crippen molar-refractivity contribution in [2.45, 2.75) is 13.8 Å². The maximum atomic E-state index is 12.5. The van der Waals surface area contributed by atoms with E-state index in [1.807, 2.05) is 38.1 Å². The number of nitriles is 1. The van der Waals surface area contributed by atoms with E-state index in [9.17, 15) is 10.1 Å². The quantitative estimate of drug-likeness (QED) is 0.441. The molecule has 0 radical (unpaired) electrons. The summed E-state index contributed by atoms with van der Waals surface area (Å²) < 4.78 is 5.55. The Morgan fingerprint density at radius 2 is 2.08 bits per heavy atom. The average molecular weight is 367 g/mol. The lowest BCUT2D eigenvalue weighted by atomic mass is 10.1. The summed E-state index contributed by atoms with van der Waals surface area (Å²) >= 11 is 6.03. The summed E-state index contributed by atoms with van der Waals surface area (Å²) in [6.45, 7) is 7.79. The number of hydrogen-bond acceptors (Lipinski definition) is 3. The molecular weight excluding hydrogens is 348 g/mol. The minimum atomic E-state index is -0.492. The monoisotopic (exact) mass is 366 g/mol. The summed E-state index contributed by atoms with van der Waals surface area (Å²) in [6, 6.07) is 12.6. The molecule has 2 aromatic rings. The first kappa shape index (κ1) is 19.3. The number of anilines is 1. The van der Waals surface area contributed by atoms with Crippen LogP contribution in [0.3, 0.4) is 0 Å². The van der Waals surface area contributed by atoms with Crippen LogP contribution in [0.15, 0.2) is 54.6 Å². The van der Waals surface area contributed by atoms with Crippen molar-refractivity contribution in [2.75, 3.05) is 11.9 Å². The number of carbonyl (C=O) groups excluding carboxylic acids is 1. The minimum Gasteiger partial charge on any atom is -0.489 e. The molecule has 0 bridgehead atoms. The van der Waals surface area contributed by atoms with E-state index in [4.69, 9.17) is 16.3 Å². The van der Waals surface area contributed by atoms with Crippen LogP contribution in [0.5, 0.6) is 5.75 Å². The molecule has 0 aliphatic heterocycles. The van der Waals surface area contributed by atoms with E-state index >= 15 is 0 Å². The van der Waals surface area contributed by atoms with Crippen LogP contribution in [0.2, 0.25) is 5.02 Å². The fraction of sp³-hybridized carbons (Fsp3) is 0.143. The van der Waals surface area contributed by atoms with E-state index < -0.39 is 5.91 Å². The van der Waals surface area contributed by atoms with Gasteiger partial charge in [0.1, 0.15) is 24.0 Å². The first-order valence-electron chi connectivity index (χ1n) is 7.98. The smallest absolute Gasteiger partial charge is 0.266 e. The fourth-order valence-electron chi connectivity index (χ4n) is 2.36. The highest BCUT2D eigenvalue weighted by atomic mass is 35.5. The Hall–Kier alpha value is -3.03. The van der Waals surface area contributed by atoms with Crippen molar-refractivity contribution in [1.29, 1.82) is 5.26 Å². The van der Waals surface area contributed by atoms with E-state index in [1.165, 1.54) is 6.08 Å². The molecule has 0 aliphatic carbocycles. The molecule has 0 unspecified atom stereocenters. The zero-order chi connectivity index (χ0) is 19.1. The van der Waals surface area contributed by atoms with Gasteiger partial charge in [0, 0.05) is 16.3 Å². The predicted octanol–water partition coefficient (Wildman–Crippen LogP) is 5.07. The van der Waals surface area contributed by atoms with Gasteiger partial charge < -0.3 is 10.1 Å². The van der Waals surface area contributed by atoms with Crippen molar-refractivity contribution < 1.29 is 9.53 Å². The second kappa shape index (κ2) is 8.89. The first-order valence-corrected chi connectivity index (χ1v) is 8.36. The van der Waals surface area contributed by atoms with Crippen LogP contribution in [0, 0.1) is 25.2 Å². The van der Waals surface area contributed by atoms with Crippen LogP contribution < -0.4 is 10.1 Å². The van der Waals surface area contributed by atoms with Crippen LogP contribution in [0.25, 0.3) is 6.08 Å². The van der Waals surface area contributed by atoms with Gasteiger partial charge in [-0.15, -0.1) is 0 Å². The lowest BCUT2D eigenvalue weighted by Gasteiger charge is -2.10. The van der Waals surface area contributed by atoms with Crippen molar-refractivity contribution in [2.24, 2.45) is 0 Å². The largest absolute Gasteiger partial charge is 0.489 e. The fourth-order valence-corrected chi connectivity index (χ4v) is 2.54. The van der Waals surface area contributed by atoms with Crippen LogP contribution in [0.4, 0.5) is 5.69 Å². The number of amides is 1. The van der Waals surface area contributed by atoms with Gasteiger partial charge in [-0.25, -0.2) is 0 Å². The van der Waals surface area contributed by atoms with E-state index in [2.05, 4.69) is 11.9 Å². The van der Waals surface area contributed by atoms with Gasteiger partial charge in [-0.05, 0) is 49.8 Å². The van der Waals surface area contributed by atoms with Gasteiger partial charge in [0.05, 0.1) is 0 Å². The molecule has 0 saturated heterocycles. The third-order valence-corrected chi connectivity index (χ3v) is 3.86. The van der Waals surface area contributed by atoms with Gasteiger partial charge in [-0.1, -0.05) is 42.0 Å². The molecule has 2 aromatic carbocycles. The molecule has 0 heterocycles. The van der Waals surface area contributed by atoms with Crippen molar-refractivity contribution >= 4 is 29.3 Å². The summed E-state index contributed by atoms with van der Waals surface area (Å²) in [7, 11) is 0. The Balaban J connectivity index is 2.32. The SMILES string of the molecule is C=CCOc1ccc(Cl)cc1/C=C(\C#N)C(=O)Nc1ccc(C)cc1C. The highest BCUT2D eigenvalue weighted by molar-refractivity contribution is 6.30. The molecule has 132 valence electrons. The minimum absolute atomic E-state index is 0.0457. The van der Waals surface area contributed by atoms with E-state index in [1.54, 1.807) is 24.3 Å². The van der Waals surface area contributed by atoms with Crippen LogP contribution >= 0.6 is 11.6 Å². The number of benzene rings is 2. The van der Waals surface area contributed by atoms with E-state index in [0.29, 0.717) is 28.6 Å². The Kier molecular flexibility index (Phi) is 6.60. The first-order chi connectivity index (χ1) is 12.4. The number of halogens is 1. The topological polar surface area (TPSA) is 62.1 Å². The molecule has 1 N–H and O–H groups in total. The Morgan fingerprint density at radius 1 is 1.31 bits per heavy atom. The molecule has 1 amide bonds. The molecule has 26 heavy (non-hydrogen) atoms. The number of rotatable bonds is 6. The summed E-state index contributed by atoms with van der Waals surface area (Å²) in [5.74, 6) is 0.0236. The molecule has 4 nitrogen and oxygen atoms in total. The maximum absolute atomic E-state index is 12.5. The molecule has 0 saturated carbocycles. The molecular formula is C21H19ClN2O2. The summed E-state index contributed by atoms with van der Waals surface area (Å²) in [5.41, 5.74) is 3.19. The van der Waals surface area contributed by atoms with Crippen molar-refractivity contribution in [3.05, 3.63) is 76.3 Å². The van der Waals surface area contributed by atoms with Gasteiger partial charge in [-0.3, -0.25) is 4.79 Å². The van der Waals surface area contributed by atoms with Crippen molar-refractivity contribution in [3.63, 3.8) is 0 Å². The highest BCUT2D eigenvalue weighted by Gasteiger charge is 2.13. The second-order valence-corrected chi connectivity index (χ2v) is 6.16. The van der Waals surface area contributed by atoms with Gasteiger partial charge in [0.15, 0.2) is 0 Å². The maximum Gasteiger partial charge on any atom is 0.266 e. The van der Waals surface area contributed by atoms with Crippen LogP contribution in [0.1, 0.15) is 16.7 Å². The highest BCUT2D eigenvalue weighted by Crippen LogP contribution is 2.26. The number of aryl methyl sites for hydroxylation is 2. The molecule has 2 rings (SSSR count). The number of nitrogens with one attached hydrogen (secondary N) is 1. The zero-order valence-corrected chi connectivity index (χ0v) is 15.4. The molecule has 0 spiro atoms. The number of ether oxygens (including phenoxy) is 1. The molecule has 0 atom stereocenters. The zero-order valence-electron chi connectivity index (χ0n) is 14.7. The van der Waals surface area contributed by atoms with Crippen LogP contribution in [-0.4, -0.2) is 12.5 Å². The lowest BCUT2D eigenvalue weighted by molar-refractivity contribution is -0.112. The van der Waals surface area contributed by atoms with Gasteiger partial charge in [-0.2, -0.15) is 5.26 Å².